The van der Waals surface area contributed by atoms with E-state index in [1.165, 1.54) is 11.3 Å². The maximum atomic E-state index is 14.3. The van der Waals surface area contributed by atoms with E-state index in [2.05, 4.69) is 10.2 Å². The molecule has 0 spiro atoms. The van der Waals surface area contributed by atoms with Crippen molar-refractivity contribution >= 4 is 34.9 Å². The number of carbonyl (C=O) groups is 3. The predicted molar refractivity (Wildman–Crippen MR) is 142 cm³/mol. The second-order valence-electron chi connectivity index (χ2n) is 10.3. The molecule has 2 bridgehead atoms. The number of ether oxygens (including phenoxy) is 1. The van der Waals surface area contributed by atoms with Gasteiger partial charge in [0.15, 0.2) is 0 Å². The van der Waals surface area contributed by atoms with Crippen LogP contribution in [0.15, 0.2) is 64.8 Å². The van der Waals surface area contributed by atoms with Crippen molar-refractivity contribution in [2.24, 2.45) is 11.3 Å². The van der Waals surface area contributed by atoms with Gasteiger partial charge in [-0.05, 0) is 54.1 Å². The fourth-order valence-corrected chi connectivity index (χ4v) is 7.03. The minimum atomic E-state index is -1.49. The highest BCUT2D eigenvalue weighted by molar-refractivity contribution is 7.09. The Hall–Kier alpha value is -3.76. The summed E-state index contributed by atoms with van der Waals surface area (Å²) in [6.45, 7) is 2.10. The number of urea groups is 1. The van der Waals surface area contributed by atoms with E-state index < -0.39 is 23.3 Å². The number of hydrogen-bond donors (Lipinski definition) is 1. The lowest BCUT2D eigenvalue weighted by Gasteiger charge is -2.47. The van der Waals surface area contributed by atoms with Gasteiger partial charge in [-0.25, -0.2) is 9.69 Å². The predicted octanol–water partition coefficient (Wildman–Crippen LogP) is 2.85. The van der Waals surface area contributed by atoms with Gasteiger partial charge in [0.1, 0.15) is 11.2 Å². The molecule has 3 aromatic rings. The van der Waals surface area contributed by atoms with Crippen LogP contribution in [-0.2, 0) is 22.6 Å². The largest absolute Gasteiger partial charge is 0.497 e. The molecule has 9 nitrogen and oxygen atoms in total. The lowest BCUT2D eigenvalue weighted by atomic mass is 9.77. The highest BCUT2D eigenvalue weighted by atomic mass is 32.1. The molecule has 1 aromatic carbocycles. The third-order valence-corrected chi connectivity index (χ3v) is 8.78. The quantitative estimate of drug-likeness (QED) is 0.490. The first kappa shape index (κ1) is 24.6. The minimum absolute atomic E-state index is 0.00953. The van der Waals surface area contributed by atoms with Crippen LogP contribution in [0.2, 0.25) is 0 Å². The third-order valence-electron chi connectivity index (χ3n) is 7.91. The van der Waals surface area contributed by atoms with Crippen molar-refractivity contribution < 1.29 is 19.1 Å². The number of nitrogens with zero attached hydrogens (tertiary/aromatic N) is 3. The van der Waals surface area contributed by atoms with Crippen molar-refractivity contribution in [3.8, 4) is 5.75 Å². The Morgan fingerprint density at radius 2 is 1.82 bits per heavy atom. The molecule has 2 saturated heterocycles. The van der Waals surface area contributed by atoms with E-state index in [0.29, 0.717) is 31.1 Å². The van der Waals surface area contributed by atoms with Crippen LogP contribution in [0.5, 0.6) is 5.75 Å². The van der Waals surface area contributed by atoms with E-state index in [9.17, 15) is 19.2 Å². The summed E-state index contributed by atoms with van der Waals surface area (Å²) >= 11 is 1.48. The van der Waals surface area contributed by atoms with Gasteiger partial charge in [-0.1, -0.05) is 12.1 Å². The molecule has 5 heterocycles. The number of imide groups is 2. The molecule has 38 heavy (non-hydrogen) atoms. The van der Waals surface area contributed by atoms with E-state index >= 15 is 0 Å². The zero-order valence-corrected chi connectivity index (χ0v) is 21.8. The lowest BCUT2D eigenvalue weighted by Crippen LogP contribution is -2.68. The van der Waals surface area contributed by atoms with Crippen molar-refractivity contribution in [1.29, 1.82) is 0 Å². The number of nitrogens with one attached hydrogen (secondary N) is 1. The van der Waals surface area contributed by atoms with E-state index in [4.69, 9.17) is 4.74 Å². The Labute approximate surface area is 223 Å². The maximum absolute atomic E-state index is 14.3. The van der Waals surface area contributed by atoms with Gasteiger partial charge in [0, 0.05) is 55.2 Å². The van der Waals surface area contributed by atoms with Gasteiger partial charge in [-0.3, -0.25) is 19.7 Å². The summed E-state index contributed by atoms with van der Waals surface area (Å²) in [7, 11) is 1.54. The number of anilines is 1. The molecule has 1 N–H and O–H groups in total. The van der Waals surface area contributed by atoms with Crippen molar-refractivity contribution in [2.75, 3.05) is 31.6 Å². The summed E-state index contributed by atoms with van der Waals surface area (Å²) in [6, 6.07) is 15.1. The van der Waals surface area contributed by atoms with Crippen LogP contribution in [0, 0.1) is 11.3 Å². The van der Waals surface area contributed by atoms with E-state index in [0.717, 1.165) is 21.9 Å². The first-order valence-electron chi connectivity index (χ1n) is 12.7. The fraction of sp³-hybridized carbons (Fsp3) is 0.357. The number of thiophene rings is 1. The first-order chi connectivity index (χ1) is 18.4. The van der Waals surface area contributed by atoms with E-state index in [1.807, 2.05) is 28.1 Å². The topological polar surface area (TPSA) is 101 Å². The van der Waals surface area contributed by atoms with E-state index in [1.54, 1.807) is 43.5 Å². The van der Waals surface area contributed by atoms with Gasteiger partial charge >= 0.3 is 6.03 Å². The summed E-state index contributed by atoms with van der Waals surface area (Å²) in [4.78, 5) is 57.5. The molecule has 0 saturated carbocycles. The zero-order valence-electron chi connectivity index (χ0n) is 21.0. The number of barbiturate groups is 1. The number of hydrogen-bond acceptors (Lipinski definition) is 7. The van der Waals surface area contributed by atoms with Crippen LogP contribution >= 0.6 is 11.3 Å². The molecule has 3 atom stereocenters. The Balaban J connectivity index is 1.36. The number of methoxy groups -OCH3 is 1. The van der Waals surface area contributed by atoms with Crippen LogP contribution in [0.25, 0.3) is 0 Å². The number of fused-ring (bicyclic) bond motifs is 4. The first-order valence-corrected chi connectivity index (χ1v) is 13.5. The van der Waals surface area contributed by atoms with Gasteiger partial charge in [0.05, 0.1) is 12.8 Å². The number of carbonyl (C=O) groups excluding carboxylic acids is 3. The van der Waals surface area contributed by atoms with Gasteiger partial charge in [-0.2, -0.15) is 0 Å². The molecule has 3 aliphatic heterocycles. The summed E-state index contributed by atoms with van der Waals surface area (Å²) in [6.07, 6.45) is 1.16. The molecule has 4 amide bonds. The Kier molecular flexibility index (Phi) is 6.16. The molecule has 2 aromatic heterocycles. The fourth-order valence-electron chi connectivity index (χ4n) is 6.21. The second kappa shape index (κ2) is 9.52. The number of aromatic nitrogens is 1. The van der Waals surface area contributed by atoms with Crippen molar-refractivity contribution in [3.63, 3.8) is 0 Å². The minimum Gasteiger partial charge on any atom is -0.497 e. The highest BCUT2D eigenvalue weighted by Crippen LogP contribution is 2.39. The molecule has 2 fully saturated rings. The number of pyridine rings is 1. The number of benzene rings is 1. The molecule has 196 valence electrons. The average molecular weight is 533 g/mol. The van der Waals surface area contributed by atoms with Crippen molar-refractivity contribution in [1.82, 2.24) is 14.8 Å². The van der Waals surface area contributed by atoms with Crippen LogP contribution in [0.1, 0.15) is 22.9 Å². The molecule has 3 aliphatic rings. The third kappa shape index (κ3) is 4.13. The van der Waals surface area contributed by atoms with Crippen LogP contribution in [-0.4, -0.2) is 54.1 Å². The molecule has 0 radical (unpaired) electrons. The molecule has 6 rings (SSSR count). The molecule has 0 unspecified atom stereocenters. The average Bonchev–Trinajstić information content (AvgIpc) is 3.41. The van der Waals surface area contributed by atoms with Gasteiger partial charge in [0.2, 0.25) is 5.91 Å². The Morgan fingerprint density at radius 1 is 1.00 bits per heavy atom. The summed E-state index contributed by atoms with van der Waals surface area (Å²) < 4.78 is 7.08. The number of amides is 4. The van der Waals surface area contributed by atoms with Gasteiger partial charge < -0.3 is 14.2 Å². The molecule has 0 aliphatic carbocycles. The Bertz CT molecular complexity index is 1450. The zero-order chi connectivity index (χ0) is 26.4. The summed E-state index contributed by atoms with van der Waals surface area (Å²) in [5.41, 5.74) is -0.101. The van der Waals surface area contributed by atoms with Crippen LogP contribution in [0.3, 0.4) is 0 Å². The number of rotatable bonds is 6. The van der Waals surface area contributed by atoms with E-state index in [-0.39, 0.29) is 30.4 Å². The SMILES string of the molecule is COc1ccc(N2C(=O)NC(=O)[C@@](Cc3cccs3)(CN3C[C@@H]4C[C@H](C3)c3cccc(=O)n3C4)C2=O)cc1. The highest BCUT2D eigenvalue weighted by Gasteiger charge is 2.56. The molecule has 10 heteroatoms. The van der Waals surface area contributed by atoms with Crippen LogP contribution < -0.4 is 20.5 Å². The maximum Gasteiger partial charge on any atom is 0.335 e. The lowest BCUT2D eigenvalue weighted by molar-refractivity contribution is -0.144. The van der Waals surface area contributed by atoms with Crippen molar-refractivity contribution in [3.05, 3.63) is 80.9 Å². The standard InChI is InChI=1S/C28H28N4O5S/c1-37-21-9-7-20(8-10-21)32-26(35)28(25(34)29-27(32)36,13-22-4-3-11-38-22)17-30-14-18-12-19(16-30)23-5-2-6-24(33)31(23)15-18/h2-11,18-19H,12-17H2,1H3,(H,29,34,36)/t18-,19+,28+/m0/s1. The van der Waals surface area contributed by atoms with Crippen molar-refractivity contribution in [2.45, 2.75) is 25.3 Å². The number of likely N-dealkylation sites (tertiary alicyclic amines) is 1. The number of piperidine rings is 1. The summed E-state index contributed by atoms with van der Waals surface area (Å²) in [5.74, 6) is -0.133. The van der Waals surface area contributed by atoms with Gasteiger partial charge in [-0.15, -0.1) is 11.3 Å². The monoisotopic (exact) mass is 532 g/mol. The normalized spacial score (nSPS) is 25.2. The second-order valence-corrected chi connectivity index (χ2v) is 11.4. The summed E-state index contributed by atoms with van der Waals surface area (Å²) in [5, 5.41) is 4.40. The molecular weight excluding hydrogens is 504 g/mol. The van der Waals surface area contributed by atoms with Gasteiger partial charge in [0.25, 0.3) is 11.5 Å². The van der Waals surface area contributed by atoms with Crippen LogP contribution in [0.4, 0.5) is 10.5 Å². The Morgan fingerprint density at radius 3 is 2.55 bits per heavy atom. The molecular formula is C28H28N4O5S. The smallest absolute Gasteiger partial charge is 0.335 e.